The van der Waals surface area contributed by atoms with Gasteiger partial charge in [0.1, 0.15) is 11.5 Å². The lowest BCUT2D eigenvalue weighted by Crippen LogP contribution is -2.24. The second-order valence-electron chi connectivity index (χ2n) is 11.2. The van der Waals surface area contributed by atoms with Gasteiger partial charge in [-0.05, 0) is 110 Å². The Morgan fingerprint density at radius 3 is 1.50 bits per heavy atom. The molecule has 5 aromatic rings. The summed E-state index contributed by atoms with van der Waals surface area (Å²) in [6.45, 7) is 4.95. The van der Waals surface area contributed by atoms with E-state index in [-0.39, 0.29) is 24.8 Å². The van der Waals surface area contributed by atoms with Crippen LogP contribution >= 0.6 is 15.9 Å². The van der Waals surface area contributed by atoms with Crippen molar-refractivity contribution < 1.29 is 28.7 Å². The molecule has 0 radical (unpaired) electrons. The molecule has 0 bridgehead atoms. The van der Waals surface area contributed by atoms with Crippen LogP contribution in [0.2, 0.25) is 0 Å². The van der Waals surface area contributed by atoms with Crippen molar-refractivity contribution in [3.63, 3.8) is 0 Å². The summed E-state index contributed by atoms with van der Waals surface area (Å²) >= 11 is 3.37. The van der Waals surface area contributed by atoms with Crippen LogP contribution in [0.15, 0.2) is 114 Å². The molecule has 0 atom stereocenters. The van der Waals surface area contributed by atoms with Gasteiger partial charge in [-0.15, -0.1) is 0 Å². The third-order valence-electron chi connectivity index (χ3n) is 7.56. The minimum Gasteiger partial charge on any atom is -0.483 e. The molecule has 5 aromatic carbocycles. The Labute approximate surface area is 287 Å². The maximum atomic E-state index is 13.0. The van der Waals surface area contributed by atoms with Crippen molar-refractivity contribution in [3.05, 3.63) is 153 Å². The van der Waals surface area contributed by atoms with Crippen molar-refractivity contribution in [3.8, 4) is 11.5 Å². The number of carbonyl (C=O) groups excluding carboxylic acids is 4. The van der Waals surface area contributed by atoms with E-state index in [9.17, 15) is 19.2 Å². The Morgan fingerprint density at radius 2 is 1.00 bits per heavy atom. The van der Waals surface area contributed by atoms with Gasteiger partial charge in [-0.2, -0.15) is 0 Å². The number of ketones is 2. The second kappa shape index (κ2) is 15.4. The average molecular weight is 706 g/mol. The number of anilines is 2. The summed E-state index contributed by atoms with van der Waals surface area (Å²) in [5.74, 6) is -0.108. The van der Waals surface area contributed by atoms with E-state index in [0.29, 0.717) is 50.7 Å². The zero-order valence-corrected chi connectivity index (χ0v) is 28.2. The summed E-state index contributed by atoms with van der Waals surface area (Å²) in [4.78, 5) is 51.4. The van der Waals surface area contributed by atoms with E-state index in [0.717, 1.165) is 15.6 Å². The first-order valence-corrected chi connectivity index (χ1v) is 15.9. The third-order valence-corrected chi connectivity index (χ3v) is 8.09. The Morgan fingerprint density at radius 1 is 0.542 bits per heavy atom. The molecule has 2 N–H and O–H groups in total. The third kappa shape index (κ3) is 8.43. The molecule has 0 aliphatic rings. The zero-order valence-electron chi connectivity index (χ0n) is 26.6. The molecule has 0 unspecified atom stereocenters. The number of rotatable bonds is 12. The highest BCUT2D eigenvalue weighted by molar-refractivity contribution is 9.10. The molecular formula is C39H33BrN2O6. The van der Waals surface area contributed by atoms with Gasteiger partial charge in [0, 0.05) is 26.7 Å². The van der Waals surface area contributed by atoms with E-state index in [4.69, 9.17) is 9.47 Å². The average Bonchev–Trinajstić information content (AvgIpc) is 3.08. The molecular weight excluding hydrogens is 672 g/mol. The summed E-state index contributed by atoms with van der Waals surface area (Å²) in [7, 11) is 0. The number of halogens is 1. The molecule has 0 aliphatic heterocycles. The molecule has 0 aromatic heterocycles. The maximum absolute atomic E-state index is 13.0. The van der Waals surface area contributed by atoms with Crippen LogP contribution in [0, 0.1) is 20.8 Å². The van der Waals surface area contributed by atoms with Crippen LogP contribution in [0.1, 0.15) is 48.5 Å². The Bertz CT molecular complexity index is 2000. The van der Waals surface area contributed by atoms with Gasteiger partial charge >= 0.3 is 0 Å². The van der Waals surface area contributed by atoms with Crippen LogP contribution in [0.5, 0.6) is 11.5 Å². The number of ether oxygens (including phenoxy) is 2. The summed E-state index contributed by atoms with van der Waals surface area (Å²) in [6, 6.07) is 31.5. The predicted molar refractivity (Wildman–Crippen MR) is 189 cm³/mol. The number of amides is 2. The van der Waals surface area contributed by atoms with Gasteiger partial charge < -0.3 is 20.1 Å². The van der Waals surface area contributed by atoms with Crippen molar-refractivity contribution in [2.45, 2.75) is 20.8 Å². The topological polar surface area (TPSA) is 111 Å². The quantitative estimate of drug-likeness (QED) is 0.128. The minimum absolute atomic E-state index is 0.0818. The number of carbonyl (C=O) groups is 4. The van der Waals surface area contributed by atoms with E-state index in [1.54, 1.807) is 85.8 Å². The maximum Gasteiger partial charge on any atom is 0.262 e. The molecule has 2 amide bonds. The highest BCUT2D eigenvalue weighted by Gasteiger charge is 2.16. The van der Waals surface area contributed by atoms with Crippen molar-refractivity contribution in [1.82, 2.24) is 0 Å². The second-order valence-corrected chi connectivity index (χ2v) is 12.1. The number of aryl methyl sites for hydroxylation is 3. The van der Waals surface area contributed by atoms with E-state index < -0.39 is 11.8 Å². The highest BCUT2D eigenvalue weighted by atomic mass is 79.9. The van der Waals surface area contributed by atoms with Crippen molar-refractivity contribution in [2.24, 2.45) is 0 Å². The molecule has 0 fully saturated rings. The fourth-order valence-electron chi connectivity index (χ4n) is 5.02. The van der Waals surface area contributed by atoms with Crippen LogP contribution in [-0.4, -0.2) is 36.6 Å². The number of hydrogen-bond donors (Lipinski definition) is 2. The van der Waals surface area contributed by atoms with E-state index in [1.807, 2.05) is 44.2 Å². The van der Waals surface area contributed by atoms with E-state index in [2.05, 4.69) is 26.6 Å². The number of nitrogens with one attached hydrogen (secondary N) is 2. The van der Waals surface area contributed by atoms with Crippen molar-refractivity contribution >= 4 is 50.7 Å². The molecule has 242 valence electrons. The number of hydrogen-bond acceptors (Lipinski definition) is 6. The smallest absolute Gasteiger partial charge is 0.262 e. The highest BCUT2D eigenvalue weighted by Crippen LogP contribution is 2.25. The number of benzene rings is 5. The van der Waals surface area contributed by atoms with Crippen molar-refractivity contribution in [2.75, 3.05) is 23.8 Å². The molecule has 48 heavy (non-hydrogen) atoms. The molecule has 9 heteroatoms. The van der Waals surface area contributed by atoms with Gasteiger partial charge in [0.25, 0.3) is 11.8 Å². The van der Waals surface area contributed by atoms with E-state index in [1.165, 1.54) is 0 Å². The van der Waals surface area contributed by atoms with Crippen LogP contribution in [0.25, 0.3) is 0 Å². The summed E-state index contributed by atoms with van der Waals surface area (Å²) in [6.07, 6.45) is 0. The Balaban J connectivity index is 1.14. The molecule has 5 rings (SSSR count). The lowest BCUT2D eigenvalue weighted by molar-refractivity contribution is -0.119. The fraction of sp³-hybridized carbons (Fsp3) is 0.128. The molecule has 8 nitrogen and oxygen atoms in total. The van der Waals surface area contributed by atoms with Gasteiger partial charge in [-0.1, -0.05) is 52.3 Å². The van der Waals surface area contributed by atoms with Gasteiger partial charge in [-0.25, -0.2) is 0 Å². The standard InChI is InChI=1S/C39H33BrN2O6/c1-24-8-4-5-9-31(24)39(46)29-15-19-35(26(3)21-29)48-23-37(44)42-33-11-7-6-10-32(33)41-36(43)22-47-34-18-14-28(20-25(34)2)38(45)27-12-16-30(40)17-13-27/h4-21H,22-23H2,1-3H3,(H,41,43)(H,42,44). The summed E-state index contributed by atoms with van der Waals surface area (Å²) in [5, 5.41) is 5.54. The molecule has 0 saturated carbocycles. The summed E-state index contributed by atoms with van der Waals surface area (Å²) in [5.41, 5.74) is 5.36. The number of para-hydroxylation sites is 2. The van der Waals surface area contributed by atoms with Crippen LogP contribution in [0.4, 0.5) is 11.4 Å². The van der Waals surface area contributed by atoms with Gasteiger partial charge in [0.05, 0.1) is 11.4 Å². The predicted octanol–water partition coefficient (Wildman–Crippen LogP) is 7.87. The molecule has 0 spiro atoms. The molecule has 0 heterocycles. The van der Waals surface area contributed by atoms with Crippen molar-refractivity contribution in [1.29, 1.82) is 0 Å². The van der Waals surface area contributed by atoms with Crippen LogP contribution in [-0.2, 0) is 9.59 Å². The fourth-order valence-corrected chi connectivity index (χ4v) is 5.28. The largest absolute Gasteiger partial charge is 0.483 e. The lowest BCUT2D eigenvalue weighted by atomic mass is 9.98. The molecule has 0 saturated heterocycles. The van der Waals surface area contributed by atoms with Gasteiger partial charge in [0.15, 0.2) is 24.8 Å². The summed E-state index contributed by atoms with van der Waals surface area (Å²) < 4.78 is 12.4. The van der Waals surface area contributed by atoms with Crippen LogP contribution in [0.3, 0.4) is 0 Å². The van der Waals surface area contributed by atoms with Gasteiger partial charge in [-0.3, -0.25) is 19.2 Å². The van der Waals surface area contributed by atoms with Crippen LogP contribution < -0.4 is 20.1 Å². The van der Waals surface area contributed by atoms with E-state index >= 15 is 0 Å². The lowest BCUT2D eigenvalue weighted by Gasteiger charge is -2.14. The van der Waals surface area contributed by atoms with Gasteiger partial charge in [0.2, 0.25) is 0 Å². The normalized spacial score (nSPS) is 10.6. The monoisotopic (exact) mass is 704 g/mol. The Hall–Kier alpha value is -5.54. The zero-order chi connectivity index (χ0) is 34.2. The Kier molecular flexibility index (Phi) is 10.8. The first-order valence-electron chi connectivity index (χ1n) is 15.2. The molecule has 0 aliphatic carbocycles. The first kappa shape index (κ1) is 33.8. The minimum atomic E-state index is -0.432. The first-order chi connectivity index (χ1) is 23.1. The SMILES string of the molecule is Cc1cc(C(=O)c2ccc(Br)cc2)ccc1OCC(=O)Nc1ccccc1NC(=O)COc1ccc(C(=O)c2ccccc2C)cc1C.